The van der Waals surface area contributed by atoms with Gasteiger partial charge in [-0.15, -0.1) is 11.3 Å². The van der Waals surface area contributed by atoms with Crippen molar-refractivity contribution < 1.29 is 14.6 Å². The minimum absolute atomic E-state index is 0.253. The molecule has 2 unspecified atom stereocenters. The minimum atomic E-state index is -0.562. The molecule has 2 aromatic rings. The molecule has 5 heteroatoms. The summed E-state index contributed by atoms with van der Waals surface area (Å²) in [6, 6.07) is 10.0. The molecule has 0 aliphatic carbocycles. The number of ether oxygens (including phenoxy) is 2. The Kier molecular flexibility index (Phi) is 4.43. The standard InChI is InChI=1S/C16H19NO3S/c1-2-12(16-4-3-7-21-16)17-9-13(18)11-5-6-14-15(8-11)20-10-19-14/h3-8,12-13,17-18H,2,9-10H2,1H3. The summed E-state index contributed by atoms with van der Waals surface area (Å²) >= 11 is 1.74. The van der Waals surface area contributed by atoms with Crippen molar-refractivity contribution in [3.8, 4) is 11.5 Å². The Morgan fingerprint density at radius 2 is 2.14 bits per heavy atom. The number of hydrogen-bond acceptors (Lipinski definition) is 5. The molecular formula is C16H19NO3S. The van der Waals surface area contributed by atoms with Crippen LogP contribution in [0, 0.1) is 0 Å². The van der Waals surface area contributed by atoms with Crippen LogP contribution in [-0.2, 0) is 0 Å². The first-order valence-corrected chi connectivity index (χ1v) is 8.00. The lowest BCUT2D eigenvalue weighted by atomic mass is 10.1. The van der Waals surface area contributed by atoms with Gasteiger partial charge < -0.3 is 19.9 Å². The van der Waals surface area contributed by atoms with Gasteiger partial charge in [-0.1, -0.05) is 19.1 Å². The molecule has 0 fully saturated rings. The van der Waals surface area contributed by atoms with Crippen molar-refractivity contribution in [2.24, 2.45) is 0 Å². The van der Waals surface area contributed by atoms with Crippen molar-refractivity contribution in [3.63, 3.8) is 0 Å². The smallest absolute Gasteiger partial charge is 0.231 e. The van der Waals surface area contributed by atoms with E-state index < -0.39 is 6.10 Å². The molecule has 1 aromatic carbocycles. The van der Waals surface area contributed by atoms with Gasteiger partial charge in [-0.2, -0.15) is 0 Å². The molecule has 0 amide bonds. The Labute approximate surface area is 128 Å². The SMILES string of the molecule is CCC(NCC(O)c1ccc2c(c1)OCO2)c1cccs1. The molecule has 2 N–H and O–H groups in total. The van der Waals surface area contributed by atoms with Crippen LogP contribution >= 0.6 is 11.3 Å². The van der Waals surface area contributed by atoms with E-state index in [4.69, 9.17) is 9.47 Å². The highest BCUT2D eigenvalue weighted by molar-refractivity contribution is 7.10. The first-order chi connectivity index (χ1) is 10.3. The first-order valence-electron chi connectivity index (χ1n) is 7.12. The zero-order chi connectivity index (χ0) is 14.7. The van der Waals surface area contributed by atoms with E-state index in [1.165, 1.54) is 4.88 Å². The summed E-state index contributed by atoms with van der Waals surface area (Å²) in [6.45, 7) is 2.91. The molecule has 4 nitrogen and oxygen atoms in total. The van der Waals surface area contributed by atoms with Gasteiger partial charge in [-0.25, -0.2) is 0 Å². The van der Waals surface area contributed by atoms with Crippen LogP contribution in [0.15, 0.2) is 35.7 Å². The number of aliphatic hydroxyl groups excluding tert-OH is 1. The van der Waals surface area contributed by atoms with E-state index in [9.17, 15) is 5.11 Å². The maximum absolute atomic E-state index is 10.3. The van der Waals surface area contributed by atoms with Crippen molar-refractivity contribution in [2.75, 3.05) is 13.3 Å². The number of nitrogens with one attached hydrogen (secondary N) is 1. The average Bonchev–Trinajstić information content (AvgIpc) is 3.18. The Morgan fingerprint density at radius 1 is 1.29 bits per heavy atom. The summed E-state index contributed by atoms with van der Waals surface area (Å²) in [5, 5.41) is 15.8. The molecule has 1 aromatic heterocycles. The number of thiophene rings is 1. The molecule has 0 saturated carbocycles. The van der Waals surface area contributed by atoms with Gasteiger partial charge in [-0.05, 0) is 35.6 Å². The van der Waals surface area contributed by atoms with Gasteiger partial charge in [0.1, 0.15) is 0 Å². The highest BCUT2D eigenvalue weighted by Gasteiger charge is 2.18. The van der Waals surface area contributed by atoms with E-state index >= 15 is 0 Å². The Hall–Kier alpha value is -1.56. The number of rotatable bonds is 6. The monoisotopic (exact) mass is 305 g/mol. The topological polar surface area (TPSA) is 50.7 Å². The second-order valence-electron chi connectivity index (χ2n) is 5.01. The Bertz CT molecular complexity index is 585. The van der Waals surface area contributed by atoms with Crippen molar-refractivity contribution >= 4 is 11.3 Å². The van der Waals surface area contributed by atoms with Gasteiger partial charge >= 0.3 is 0 Å². The molecule has 0 spiro atoms. The predicted molar refractivity (Wildman–Crippen MR) is 82.9 cm³/mol. The lowest BCUT2D eigenvalue weighted by molar-refractivity contribution is 0.167. The van der Waals surface area contributed by atoms with Crippen molar-refractivity contribution in [3.05, 3.63) is 46.2 Å². The fraction of sp³-hybridized carbons (Fsp3) is 0.375. The summed E-state index contributed by atoms with van der Waals surface area (Å²) in [5.41, 5.74) is 0.841. The predicted octanol–water partition coefficient (Wildman–Crippen LogP) is 3.25. The molecule has 3 rings (SSSR count). The third-order valence-electron chi connectivity index (χ3n) is 3.63. The average molecular weight is 305 g/mol. The normalized spacial score (nSPS) is 15.9. The van der Waals surface area contributed by atoms with Crippen LogP contribution in [0.25, 0.3) is 0 Å². The van der Waals surface area contributed by atoms with Crippen LogP contribution in [-0.4, -0.2) is 18.4 Å². The molecule has 2 heterocycles. The number of fused-ring (bicyclic) bond motifs is 1. The van der Waals surface area contributed by atoms with Crippen molar-refractivity contribution in [1.82, 2.24) is 5.32 Å². The van der Waals surface area contributed by atoms with E-state index in [2.05, 4.69) is 29.8 Å². The van der Waals surface area contributed by atoms with Gasteiger partial charge in [0.05, 0.1) is 6.10 Å². The van der Waals surface area contributed by atoms with Crippen molar-refractivity contribution in [2.45, 2.75) is 25.5 Å². The highest BCUT2D eigenvalue weighted by atomic mass is 32.1. The fourth-order valence-electron chi connectivity index (χ4n) is 2.43. The Balaban J connectivity index is 1.62. The molecule has 112 valence electrons. The maximum atomic E-state index is 10.3. The first kappa shape index (κ1) is 14.4. The Morgan fingerprint density at radius 3 is 2.90 bits per heavy atom. The molecule has 0 radical (unpaired) electrons. The van der Waals surface area contributed by atoms with Gasteiger partial charge in [0, 0.05) is 17.5 Å². The van der Waals surface area contributed by atoms with Crippen LogP contribution in [0.3, 0.4) is 0 Å². The molecule has 0 saturated heterocycles. The van der Waals surface area contributed by atoms with E-state index in [1.54, 1.807) is 11.3 Å². The fourth-order valence-corrected chi connectivity index (χ4v) is 3.31. The van der Waals surface area contributed by atoms with Gasteiger partial charge in [-0.3, -0.25) is 0 Å². The van der Waals surface area contributed by atoms with Gasteiger partial charge in [0.2, 0.25) is 6.79 Å². The second kappa shape index (κ2) is 6.47. The zero-order valence-corrected chi connectivity index (χ0v) is 12.7. The molecule has 21 heavy (non-hydrogen) atoms. The number of hydrogen-bond donors (Lipinski definition) is 2. The lowest BCUT2D eigenvalue weighted by Gasteiger charge is -2.19. The van der Waals surface area contributed by atoms with E-state index in [0.717, 1.165) is 17.7 Å². The quantitative estimate of drug-likeness (QED) is 0.860. The summed E-state index contributed by atoms with van der Waals surface area (Å²) in [5.74, 6) is 1.45. The second-order valence-corrected chi connectivity index (χ2v) is 5.99. The molecule has 1 aliphatic rings. The minimum Gasteiger partial charge on any atom is -0.454 e. The summed E-state index contributed by atoms with van der Waals surface area (Å²) in [4.78, 5) is 1.30. The van der Waals surface area contributed by atoms with Gasteiger partial charge in [0.25, 0.3) is 0 Å². The third kappa shape index (κ3) is 3.20. The molecule has 1 aliphatic heterocycles. The van der Waals surface area contributed by atoms with Crippen LogP contribution < -0.4 is 14.8 Å². The third-order valence-corrected chi connectivity index (χ3v) is 4.62. The van der Waals surface area contributed by atoms with Crippen LogP contribution in [0.1, 0.15) is 35.9 Å². The van der Waals surface area contributed by atoms with E-state index in [-0.39, 0.29) is 12.8 Å². The highest BCUT2D eigenvalue weighted by Crippen LogP contribution is 2.34. The summed E-state index contributed by atoms with van der Waals surface area (Å²) < 4.78 is 10.6. The molecule has 2 atom stereocenters. The van der Waals surface area contributed by atoms with E-state index in [1.807, 2.05) is 18.2 Å². The van der Waals surface area contributed by atoms with Crippen molar-refractivity contribution in [1.29, 1.82) is 0 Å². The lowest BCUT2D eigenvalue weighted by Crippen LogP contribution is -2.25. The van der Waals surface area contributed by atoms with Crippen LogP contribution in [0.5, 0.6) is 11.5 Å². The number of benzene rings is 1. The van der Waals surface area contributed by atoms with Crippen LogP contribution in [0.2, 0.25) is 0 Å². The largest absolute Gasteiger partial charge is 0.454 e. The summed E-state index contributed by atoms with van der Waals surface area (Å²) in [7, 11) is 0. The zero-order valence-electron chi connectivity index (χ0n) is 11.9. The van der Waals surface area contributed by atoms with E-state index in [0.29, 0.717) is 12.3 Å². The number of aliphatic hydroxyl groups is 1. The van der Waals surface area contributed by atoms with Gasteiger partial charge in [0.15, 0.2) is 11.5 Å². The summed E-state index contributed by atoms with van der Waals surface area (Å²) in [6.07, 6.45) is 0.433. The van der Waals surface area contributed by atoms with Crippen LogP contribution in [0.4, 0.5) is 0 Å². The maximum Gasteiger partial charge on any atom is 0.231 e. The molecule has 0 bridgehead atoms. The molecular weight excluding hydrogens is 286 g/mol.